The molecule has 0 aliphatic rings. The van der Waals surface area contributed by atoms with E-state index >= 15 is 0 Å². The number of aromatic nitrogens is 2. The predicted octanol–water partition coefficient (Wildman–Crippen LogP) is 2.90. The molecule has 4 atom stereocenters. The minimum atomic E-state index is -1.08. The molecule has 0 fully saturated rings. The van der Waals surface area contributed by atoms with Crippen molar-refractivity contribution < 1.29 is 33.6 Å². The molecule has 0 aliphatic carbocycles. The van der Waals surface area contributed by atoms with Crippen molar-refractivity contribution in [2.45, 2.75) is 143 Å². The number of benzene rings is 1. The van der Waals surface area contributed by atoms with Crippen LogP contribution >= 0.6 is 0 Å². The molecule has 0 unspecified atom stereocenters. The number of Topliss-reactive ketones (excluding diaryl/α,β-unsaturated/α-hetero) is 1. The van der Waals surface area contributed by atoms with Crippen LogP contribution in [0.5, 0.6) is 0 Å². The maximum Gasteiger partial charge on any atom is 0.312 e. The number of nitrogens with two attached hydrogens (primary N) is 1. The number of anilines is 1. The number of H-pyrrole nitrogens is 1. The molecule has 1 heterocycles. The molecular weight excluding hydrogens is 757 g/mol. The van der Waals surface area contributed by atoms with Crippen LogP contribution in [0.2, 0.25) is 0 Å². The molecule has 0 bridgehead atoms. The lowest BCUT2D eigenvalue weighted by molar-refractivity contribution is -0.134. The van der Waals surface area contributed by atoms with E-state index in [0.717, 1.165) is 5.56 Å². The summed E-state index contributed by atoms with van der Waals surface area (Å²) in [6.07, 6.45) is 5.02. The first-order valence-electron chi connectivity index (χ1n) is 20.4. The van der Waals surface area contributed by atoms with Crippen LogP contribution in [0.3, 0.4) is 0 Å². The van der Waals surface area contributed by atoms with E-state index in [2.05, 4.69) is 47.2 Å². The third-order valence-electron chi connectivity index (χ3n) is 9.29. The highest BCUT2D eigenvalue weighted by molar-refractivity contribution is 5.99. The number of carbonyl (C=O) groups is 7. The highest BCUT2D eigenvalue weighted by atomic mass is 16.2. The lowest BCUT2D eigenvalue weighted by Gasteiger charge is -2.31. The third kappa shape index (κ3) is 19.8. The van der Waals surface area contributed by atoms with Gasteiger partial charge in [-0.25, -0.2) is 9.78 Å². The molecule has 328 valence electrons. The fourth-order valence-electron chi connectivity index (χ4n) is 6.15. The number of nitrogens with zero attached hydrogens (tertiary/aromatic N) is 1. The van der Waals surface area contributed by atoms with Crippen molar-refractivity contribution in [1.82, 2.24) is 41.9 Å². The van der Waals surface area contributed by atoms with Crippen LogP contribution in [0.25, 0.3) is 0 Å². The van der Waals surface area contributed by atoms with Crippen LogP contribution in [0.4, 0.5) is 10.5 Å². The third-order valence-corrected chi connectivity index (χ3v) is 9.29. The summed E-state index contributed by atoms with van der Waals surface area (Å²) < 4.78 is 0. The number of ketones is 1. The SMILES string of the molecule is Cc1ccc(NC(=O)[C@H](CCCNC(N)=O)NC(=O)[C@@H](NC(=O)[C@H](CCCCNC(=O)CC[C@@H](NC(C)(C)C)C(=O)C(C)(C)C)NC(=O)Cc2cnc[nH]2)C(C)C)cc1. The van der Waals surface area contributed by atoms with Crippen molar-refractivity contribution in [2.24, 2.45) is 17.1 Å². The van der Waals surface area contributed by atoms with Gasteiger partial charge in [0.05, 0.1) is 18.8 Å². The van der Waals surface area contributed by atoms with Gasteiger partial charge in [0.25, 0.3) is 0 Å². The van der Waals surface area contributed by atoms with Gasteiger partial charge in [-0.1, -0.05) is 52.3 Å². The Morgan fingerprint density at radius 2 is 1.36 bits per heavy atom. The number of aromatic amines is 1. The summed E-state index contributed by atoms with van der Waals surface area (Å²) >= 11 is 0. The summed E-state index contributed by atoms with van der Waals surface area (Å²) in [6.45, 7) is 17.4. The highest BCUT2D eigenvalue weighted by Crippen LogP contribution is 2.21. The number of hydrogen-bond donors (Lipinski definition) is 9. The standard InChI is InChI=1S/C42H68N10O7/c1-26(2)35(39(58)50-32(14-12-22-46-40(43)59)37(56)48-28-17-15-27(3)16-18-28)51-38(57)31(49-34(54)23-29-24-44-25-47-29)13-10-11-21-45-33(53)20-19-30(52-42(7,8)9)36(55)41(4,5)6/h15-18,24-26,30-32,35,52H,10-14,19-23H2,1-9H3,(H,44,47)(H,45,53)(H,48,56)(H,49,54)(H,50,58)(H,51,57)(H3,43,46,59)/t30-,31+,32+,35+/m1/s1. The summed E-state index contributed by atoms with van der Waals surface area (Å²) in [4.78, 5) is 98.0. The number of amides is 7. The van der Waals surface area contributed by atoms with Crippen LogP contribution in [0.15, 0.2) is 36.8 Å². The fourth-order valence-corrected chi connectivity index (χ4v) is 6.15. The Morgan fingerprint density at radius 3 is 1.93 bits per heavy atom. The summed E-state index contributed by atoms with van der Waals surface area (Å²) in [6, 6.07) is 2.86. The zero-order chi connectivity index (χ0) is 44.3. The van der Waals surface area contributed by atoms with E-state index in [0.29, 0.717) is 43.6 Å². The zero-order valence-electron chi connectivity index (χ0n) is 36.3. The number of urea groups is 1. The van der Waals surface area contributed by atoms with Crippen molar-refractivity contribution in [1.29, 1.82) is 0 Å². The first-order chi connectivity index (χ1) is 27.5. The quantitative estimate of drug-likeness (QED) is 0.0705. The highest BCUT2D eigenvalue weighted by Gasteiger charge is 2.33. The van der Waals surface area contributed by atoms with Crippen LogP contribution in [0, 0.1) is 18.3 Å². The number of nitrogens with one attached hydrogen (secondary N) is 8. The van der Waals surface area contributed by atoms with Gasteiger partial charge in [0.1, 0.15) is 18.1 Å². The number of hydrogen-bond acceptors (Lipinski definition) is 9. The average Bonchev–Trinajstić information content (AvgIpc) is 3.65. The molecule has 2 rings (SSSR count). The van der Waals surface area contributed by atoms with Gasteiger partial charge in [0, 0.05) is 48.0 Å². The Bertz CT molecular complexity index is 1680. The van der Waals surface area contributed by atoms with Crippen LogP contribution in [-0.2, 0) is 35.2 Å². The van der Waals surface area contributed by atoms with E-state index in [9.17, 15) is 33.6 Å². The summed E-state index contributed by atoms with van der Waals surface area (Å²) in [5.74, 6) is -2.68. The molecule has 0 radical (unpaired) electrons. The molecule has 17 heteroatoms. The van der Waals surface area contributed by atoms with E-state index < -0.39 is 65.2 Å². The molecule has 0 spiro atoms. The summed E-state index contributed by atoms with van der Waals surface area (Å²) in [7, 11) is 0. The Balaban J connectivity index is 2.11. The molecule has 10 N–H and O–H groups in total. The van der Waals surface area contributed by atoms with Gasteiger partial charge in [-0.2, -0.15) is 0 Å². The van der Waals surface area contributed by atoms with Crippen molar-refractivity contribution in [2.75, 3.05) is 18.4 Å². The van der Waals surface area contributed by atoms with Gasteiger partial charge in [-0.15, -0.1) is 0 Å². The Labute approximate surface area is 348 Å². The lowest BCUT2D eigenvalue weighted by atomic mass is 9.84. The summed E-state index contributed by atoms with van der Waals surface area (Å²) in [5, 5.41) is 19.9. The topological polar surface area (TPSA) is 258 Å². The van der Waals surface area contributed by atoms with E-state index in [1.807, 2.05) is 60.6 Å². The summed E-state index contributed by atoms with van der Waals surface area (Å²) in [5.41, 5.74) is 6.39. The molecule has 17 nitrogen and oxygen atoms in total. The van der Waals surface area contributed by atoms with Crippen LogP contribution < -0.4 is 43.0 Å². The zero-order valence-corrected chi connectivity index (χ0v) is 36.3. The van der Waals surface area contributed by atoms with E-state index in [4.69, 9.17) is 5.73 Å². The van der Waals surface area contributed by atoms with E-state index in [1.165, 1.54) is 12.5 Å². The number of unbranched alkanes of at least 4 members (excludes halogenated alkanes) is 1. The second-order valence-corrected chi connectivity index (χ2v) is 17.4. The number of rotatable bonds is 24. The first-order valence-corrected chi connectivity index (χ1v) is 20.4. The molecular formula is C42H68N10O7. The first kappa shape index (κ1) is 49.8. The maximum atomic E-state index is 13.8. The van der Waals surface area contributed by atoms with Gasteiger partial charge in [0.2, 0.25) is 29.5 Å². The molecule has 1 aromatic heterocycles. The van der Waals surface area contributed by atoms with Gasteiger partial charge >= 0.3 is 6.03 Å². The molecule has 7 amide bonds. The van der Waals surface area contributed by atoms with Gasteiger partial charge in [-0.05, 0) is 84.3 Å². The molecule has 59 heavy (non-hydrogen) atoms. The normalized spacial score (nSPS) is 13.7. The molecule has 1 aromatic carbocycles. The minimum Gasteiger partial charge on any atom is -0.356 e. The fraction of sp³-hybridized carbons (Fsp3) is 0.619. The largest absolute Gasteiger partial charge is 0.356 e. The number of primary amides is 1. The second kappa shape index (κ2) is 23.9. The van der Waals surface area contributed by atoms with Gasteiger partial charge < -0.3 is 47.9 Å². The van der Waals surface area contributed by atoms with Gasteiger partial charge in [-0.3, -0.25) is 28.8 Å². The Hall–Kier alpha value is -5.32. The van der Waals surface area contributed by atoms with Crippen molar-refractivity contribution >= 4 is 47.0 Å². The minimum absolute atomic E-state index is 0.0364. The molecule has 0 aliphatic heterocycles. The Kier molecular flexibility index (Phi) is 20.2. The average molecular weight is 825 g/mol. The van der Waals surface area contributed by atoms with Crippen LogP contribution in [-0.4, -0.2) is 94.1 Å². The van der Waals surface area contributed by atoms with Gasteiger partial charge in [0.15, 0.2) is 5.78 Å². The molecule has 0 saturated heterocycles. The number of aryl methyl sites for hydroxylation is 1. The molecule has 0 saturated carbocycles. The predicted molar refractivity (Wildman–Crippen MR) is 227 cm³/mol. The number of imidazole rings is 1. The number of carbonyl (C=O) groups excluding carboxylic acids is 7. The maximum absolute atomic E-state index is 13.8. The molecule has 2 aromatic rings. The monoisotopic (exact) mass is 825 g/mol. The van der Waals surface area contributed by atoms with E-state index in [-0.39, 0.29) is 49.5 Å². The van der Waals surface area contributed by atoms with Crippen molar-refractivity contribution in [3.05, 3.63) is 48.0 Å². The Morgan fingerprint density at radius 1 is 0.729 bits per heavy atom. The van der Waals surface area contributed by atoms with E-state index in [1.54, 1.807) is 26.0 Å². The van der Waals surface area contributed by atoms with Crippen LogP contribution in [0.1, 0.15) is 112 Å². The lowest BCUT2D eigenvalue weighted by Crippen LogP contribution is -2.58. The second-order valence-electron chi connectivity index (χ2n) is 17.4. The van der Waals surface area contributed by atoms with Crippen molar-refractivity contribution in [3.63, 3.8) is 0 Å². The van der Waals surface area contributed by atoms with Crippen molar-refractivity contribution in [3.8, 4) is 0 Å². The smallest absolute Gasteiger partial charge is 0.312 e.